The predicted octanol–water partition coefficient (Wildman–Crippen LogP) is 4.62. The Hall–Kier alpha value is -1.03. The van der Waals surface area contributed by atoms with Crippen molar-refractivity contribution in [3.05, 3.63) is 28.7 Å². The van der Waals surface area contributed by atoms with Crippen LogP contribution in [0.15, 0.2) is 28.7 Å². The van der Waals surface area contributed by atoms with Crippen LogP contribution in [0.1, 0.15) is 40.0 Å². The molecular formula is C17H24BrNO2. The number of nitrogens with one attached hydrogen (secondary N) is 1. The molecule has 1 fully saturated rings. The Morgan fingerprint density at radius 2 is 2.24 bits per heavy atom. The third-order valence-electron chi connectivity index (χ3n) is 4.69. The quantitative estimate of drug-likeness (QED) is 0.802. The fourth-order valence-electron chi connectivity index (χ4n) is 3.27. The number of hydrogen-bond donors (Lipinski definition) is 1. The molecule has 1 N–H and O–H groups in total. The van der Waals surface area contributed by atoms with Crippen molar-refractivity contribution < 1.29 is 9.53 Å². The largest absolute Gasteiger partial charge is 0.464 e. The maximum absolute atomic E-state index is 12.7. The van der Waals surface area contributed by atoms with Gasteiger partial charge in [-0.25, -0.2) is 4.79 Å². The van der Waals surface area contributed by atoms with Gasteiger partial charge >= 0.3 is 5.97 Å². The van der Waals surface area contributed by atoms with Crippen molar-refractivity contribution in [1.29, 1.82) is 0 Å². The molecule has 1 aliphatic carbocycles. The minimum atomic E-state index is -0.617. The first-order chi connectivity index (χ1) is 9.99. The van der Waals surface area contributed by atoms with E-state index in [2.05, 4.69) is 35.1 Å². The topological polar surface area (TPSA) is 38.3 Å². The van der Waals surface area contributed by atoms with E-state index in [9.17, 15) is 4.79 Å². The maximum Gasteiger partial charge on any atom is 0.332 e. The van der Waals surface area contributed by atoms with Crippen molar-refractivity contribution in [2.75, 3.05) is 11.9 Å². The molecule has 0 heterocycles. The lowest BCUT2D eigenvalue weighted by atomic mass is 9.68. The van der Waals surface area contributed by atoms with Gasteiger partial charge in [0.15, 0.2) is 0 Å². The van der Waals surface area contributed by atoms with E-state index in [1.807, 2.05) is 31.2 Å². The Bertz CT molecular complexity index is 505. The predicted molar refractivity (Wildman–Crippen MR) is 89.3 cm³/mol. The average Bonchev–Trinajstić information content (AvgIpc) is 2.44. The van der Waals surface area contributed by atoms with Gasteiger partial charge in [0.2, 0.25) is 0 Å². The zero-order chi connectivity index (χ0) is 15.5. The zero-order valence-corrected chi connectivity index (χ0v) is 14.6. The summed E-state index contributed by atoms with van der Waals surface area (Å²) in [6, 6.07) is 7.96. The van der Waals surface area contributed by atoms with Crippen molar-refractivity contribution in [3.63, 3.8) is 0 Å². The lowest BCUT2D eigenvalue weighted by Gasteiger charge is -2.44. The van der Waals surface area contributed by atoms with E-state index < -0.39 is 5.54 Å². The summed E-state index contributed by atoms with van der Waals surface area (Å²) in [5.74, 6) is 0.621. The molecule has 0 bridgehead atoms. The number of ether oxygens (including phenoxy) is 1. The molecule has 1 aliphatic rings. The second-order valence-electron chi connectivity index (χ2n) is 5.99. The summed E-state index contributed by atoms with van der Waals surface area (Å²) in [5.41, 5.74) is 0.340. The van der Waals surface area contributed by atoms with E-state index in [-0.39, 0.29) is 11.9 Å². The van der Waals surface area contributed by atoms with Gasteiger partial charge in [0.05, 0.1) is 6.61 Å². The molecule has 3 unspecified atom stereocenters. The number of carbonyl (C=O) groups is 1. The van der Waals surface area contributed by atoms with Crippen LogP contribution in [0.5, 0.6) is 0 Å². The molecule has 1 aromatic carbocycles. The third kappa shape index (κ3) is 3.42. The summed E-state index contributed by atoms with van der Waals surface area (Å²) >= 11 is 3.48. The Morgan fingerprint density at radius 1 is 1.48 bits per heavy atom. The van der Waals surface area contributed by atoms with Crippen molar-refractivity contribution >= 4 is 27.6 Å². The summed E-state index contributed by atoms with van der Waals surface area (Å²) in [5, 5.41) is 3.50. The third-order valence-corrected chi connectivity index (χ3v) is 5.19. The molecule has 3 nitrogen and oxygen atoms in total. The number of halogens is 1. The van der Waals surface area contributed by atoms with E-state index in [1.165, 1.54) is 6.42 Å². The van der Waals surface area contributed by atoms with Gasteiger partial charge in [0.25, 0.3) is 0 Å². The molecule has 0 radical (unpaired) electrons. The molecule has 0 saturated heterocycles. The number of rotatable bonds is 4. The van der Waals surface area contributed by atoms with Crippen LogP contribution < -0.4 is 5.32 Å². The molecule has 1 saturated carbocycles. The Morgan fingerprint density at radius 3 is 2.90 bits per heavy atom. The fourth-order valence-corrected chi connectivity index (χ4v) is 3.66. The van der Waals surface area contributed by atoms with E-state index in [0.29, 0.717) is 12.5 Å². The van der Waals surface area contributed by atoms with Gasteiger partial charge < -0.3 is 10.1 Å². The van der Waals surface area contributed by atoms with E-state index >= 15 is 0 Å². The lowest BCUT2D eigenvalue weighted by molar-refractivity contribution is -0.152. The zero-order valence-electron chi connectivity index (χ0n) is 13.0. The Kier molecular flexibility index (Phi) is 5.31. The van der Waals surface area contributed by atoms with Gasteiger partial charge in [0.1, 0.15) is 5.54 Å². The second kappa shape index (κ2) is 6.82. The molecule has 4 heteroatoms. The highest BCUT2D eigenvalue weighted by molar-refractivity contribution is 9.10. The number of esters is 1. The molecule has 0 spiro atoms. The molecule has 2 rings (SSSR count). The van der Waals surface area contributed by atoms with Crippen LogP contribution in [0.2, 0.25) is 0 Å². The smallest absolute Gasteiger partial charge is 0.332 e. The first-order valence-electron chi connectivity index (χ1n) is 7.70. The SMILES string of the molecule is CCOC(=O)C1(Nc2cccc(Br)c2)CCCC(C)C1C. The van der Waals surface area contributed by atoms with Crippen LogP contribution >= 0.6 is 15.9 Å². The molecule has 21 heavy (non-hydrogen) atoms. The summed E-state index contributed by atoms with van der Waals surface area (Å²) in [6.45, 7) is 6.66. The summed E-state index contributed by atoms with van der Waals surface area (Å²) in [7, 11) is 0. The van der Waals surface area contributed by atoms with Crippen LogP contribution in [0.25, 0.3) is 0 Å². The fraction of sp³-hybridized carbons (Fsp3) is 0.588. The average molecular weight is 354 g/mol. The molecule has 0 aromatic heterocycles. The lowest BCUT2D eigenvalue weighted by Crippen LogP contribution is -2.56. The van der Waals surface area contributed by atoms with Crippen LogP contribution in [0.3, 0.4) is 0 Å². The second-order valence-corrected chi connectivity index (χ2v) is 6.90. The number of benzene rings is 1. The van der Waals surface area contributed by atoms with Gasteiger partial charge in [-0.15, -0.1) is 0 Å². The van der Waals surface area contributed by atoms with Gasteiger partial charge in [-0.1, -0.05) is 48.7 Å². The van der Waals surface area contributed by atoms with Gasteiger partial charge in [-0.05, 0) is 43.4 Å². The van der Waals surface area contributed by atoms with Crippen LogP contribution in [-0.2, 0) is 9.53 Å². The molecule has 1 aromatic rings. The van der Waals surface area contributed by atoms with E-state index in [0.717, 1.165) is 23.0 Å². The van der Waals surface area contributed by atoms with Gasteiger partial charge in [-0.2, -0.15) is 0 Å². The van der Waals surface area contributed by atoms with Gasteiger partial charge in [-0.3, -0.25) is 0 Å². The van der Waals surface area contributed by atoms with Crippen LogP contribution in [0, 0.1) is 11.8 Å². The molecule has 0 amide bonds. The molecule has 0 aliphatic heterocycles. The van der Waals surface area contributed by atoms with Crippen molar-refractivity contribution in [3.8, 4) is 0 Å². The Labute approximate surface area is 135 Å². The summed E-state index contributed by atoms with van der Waals surface area (Å²) < 4.78 is 6.40. The highest BCUT2D eigenvalue weighted by Crippen LogP contribution is 2.41. The molecule has 3 atom stereocenters. The van der Waals surface area contributed by atoms with Crippen molar-refractivity contribution in [2.45, 2.75) is 45.6 Å². The van der Waals surface area contributed by atoms with Crippen molar-refractivity contribution in [1.82, 2.24) is 0 Å². The summed E-state index contributed by atoms with van der Waals surface area (Å²) in [6.07, 6.45) is 3.04. The van der Waals surface area contributed by atoms with E-state index in [4.69, 9.17) is 4.74 Å². The molecular weight excluding hydrogens is 330 g/mol. The summed E-state index contributed by atoms with van der Waals surface area (Å²) in [4.78, 5) is 12.7. The number of carbonyl (C=O) groups excluding carboxylic acids is 1. The molecule has 116 valence electrons. The van der Waals surface area contributed by atoms with Crippen LogP contribution in [-0.4, -0.2) is 18.1 Å². The minimum absolute atomic E-state index is 0.121. The monoisotopic (exact) mass is 353 g/mol. The Balaban J connectivity index is 2.33. The number of hydrogen-bond acceptors (Lipinski definition) is 3. The minimum Gasteiger partial charge on any atom is -0.464 e. The maximum atomic E-state index is 12.7. The van der Waals surface area contributed by atoms with E-state index in [1.54, 1.807) is 0 Å². The highest BCUT2D eigenvalue weighted by Gasteiger charge is 2.48. The normalized spacial score (nSPS) is 29.0. The standard InChI is InChI=1S/C17H24BrNO2/c1-4-21-16(20)17(10-6-7-12(2)13(17)3)19-15-9-5-8-14(18)11-15/h5,8-9,11-13,19H,4,6-7,10H2,1-3H3. The van der Waals surface area contributed by atoms with Crippen molar-refractivity contribution in [2.24, 2.45) is 11.8 Å². The van der Waals surface area contributed by atoms with Gasteiger partial charge in [0, 0.05) is 10.2 Å². The first kappa shape index (κ1) is 16.3. The van der Waals surface area contributed by atoms with Crippen LogP contribution in [0.4, 0.5) is 5.69 Å². The highest BCUT2D eigenvalue weighted by atomic mass is 79.9. The first-order valence-corrected chi connectivity index (χ1v) is 8.50. The number of anilines is 1.